The first-order chi connectivity index (χ1) is 7.70. The summed E-state index contributed by atoms with van der Waals surface area (Å²) in [6.45, 7) is 3.71. The summed E-state index contributed by atoms with van der Waals surface area (Å²) in [5, 5.41) is 12.6. The van der Waals surface area contributed by atoms with E-state index in [1.165, 1.54) is 5.56 Å². The number of pyridine rings is 1. The van der Waals surface area contributed by atoms with E-state index >= 15 is 0 Å². The third kappa shape index (κ3) is 2.33. The van der Waals surface area contributed by atoms with Gasteiger partial charge in [-0.25, -0.2) is 4.98 Å². The topological polar surface area (TPSA) is 48.4 Å². The van der Waals surface area contributed by atoms with Crippen molar-refractivity contribution >= 4 is 5.82 Å². The monoisotopic (exact) mass is 221 g/mol. The predicted octanol–water partition coefficient (Wildman–Crippen LogP) is 0.933. The molecule has 2 atom stereocenters. The van der Waals surface area contributed by atoms with Crippen molar-refractivity contribution in [3.8, 4) is 0 Å². The molecule has 0 spiro atoms. The maximum Gasteiger partial charge on any atom is 0.128 e. The maximum absolute atomic E-state index is 9.46. The number of aliphatic hydroxyl groups excluding tert-OH is 1. The van der Waals surface area contributed by atoms with Gasteiger partial charge in [0.1, 0.15) is 5.82 Å². The third-order valence-electron chi connectivity index (χ3n) is 3.19. The molecule has 0 aliphatic carbocycles. The summed E-state index contributed by atoms with van der Waals surface area (Å²) < 4.78 is 0. The lowest BCUT2D eigenvalue weighted by atomic mass is 10.1. The van der Waals surface area contributed by atoms with Gasteiger partial charge in [0.05, 0.1) is 6.10 Å². The van der Waals surface area contributed by atoms with Gasteiger partial charge < -0.3 is 15.3 Å². The first kappa shape index (κ1) is 11.4. The zero-order valence-electron chi connectivity index (χ0n) is 9.85. The van der Waals surface area contributed by atoms with Crippen LogP contribution >= 0.6 is 0 Å². The van der Waals surface area contributed by atoms with E-state index < -0.39 is 0 Å². The van der Waals surface area contributed by atoms with Gasteiger partial charge in [-0.05, 0) is 32.0 Å². The molecule has 1 saturated heterocycles. The van der Waals surface area contributed by atoms with Crippen molar-refractivity contribution in [1.82, 2.24) is 10.3 Å². The molecular weight excluding hydrogens is 202 g/mol. The van der Waals surface area contributed by atoms with Gasteiger partial charge in [-0.15, -0.1) is 0 Å². The summed E-state index contributed by atoms with van der Waals surface area (Å²) in [7, 11) is 1.94. The molecule has 0 radical (unpaired) electrons. The SMILES string of the molecule is CNC(C)c1ccc(N2CCC(O)C2)nc1. The van der Waals surface area contributed by atoms with Gasteiger partial charge in [0.2, 0.25) is 0 Å². The average Bonchev–Trinajstić information content (AvgIpc) is 2.75. The van der Waals surface area contributed by atoms with E-state index in [0.717, 1.165) is 18.8 Å². The molecule has 1 aromatic rings. The molecule has 4 heteroatoms. The van der Waals surface area contributed by atoms with Crippen LogP contribution in [-0.4, -0.2) is 36.3 Å². The lowest BCUT2D eigenvalue weighted by molar-refractivity contribution is 0.198. The van der Waals surface area contributed by atoms with E-state index in [2.05, 4.69) is 28.2 Å². The lowest BCUT2D eigenvalue weighted by Crippen LogP contribution is -2.22. The number of nitrogens with zero attached hydrogens (tertiary/aromatic N) is 2. The summed E-state index contributed by atoms with van der Waals surface area (Å²) in [5.41, 5.74) is 1.19. The van der Waals surface area contributed by atoms with Crippen LogP contribution in [0.1, 0.15) is 24.9 Å². The predicted molar refractivity (Wildman–Crippen MR) is 64.5 cm³/mol. The van der Waals surface area contributed by atoms with Gasteiger partial charge >= 0.3 is 0 Å². The Morgan fingerprint density at radius 1 is 1.56 bits per heavy atom. The van der Waals surface area contributed by atoms with E-state index in [1.54, 1.807) is 0 Å². The summed E-state index contributed by atoms with van der Waals surface area (Å²) in [4.78, 5) is 6.56. The summed E-state index contributed by atoms with van der Waals surface area (Å²) in [6.07, 6.45) is 2.55. The molecule has 16 heavy (non-hydrogen) atoms. The van der Waals surface area contributed by atoms with Crippen molar-refractivity contribution in [2.75, 3.05) is 25.0 Å². The molecule has 1 aromatic heterocycles. The number of anilines is 1. The first-order valence-electron chi connectivity index (χ1n) is 5.77. The van der Waals surface area contributed by atoms with Crippen LogP contribution < -0.4 is 10.2 Å². The Kier molecular flexibility index (Phi) is 3.41. The Hall–Kier alpha value is -1.13. The number of nitrogens with one attached hydrogen (secondary N) is 1. The van der Waals surface area contributed by atoms with Crippen molar-refractivity contribution in [1.29, 1.82) is 0 Å². The minimum Gasteiger partial charge on any atom is -0.391 e. The van der Waals surface area contributed by atoms with Crippen molar-refractivity contribution in [2.45, 2.75) is 25.5 Å². The van der Waals surface area contributed by atoms with Crippen LogP contribution in [0.2, 0.25) is 0 Å². The highest BCUT2D eigenvalue weighted by Gasteiger charge is 2.21. The molecule has 2 rings (SSSR count). The summed E-state index contributed by atoms with van der Waals surface area (Å²) >= 11 is 0. The molecule has 2 N–H and O–H groups in total. The van der Waals surface area contributed by atoms with Crippen molar-refractivity contribution in [2.24, 2.45) is 0 Å². The smallest absolute Gasteiger partial charge is 0.128 e. The van der Waals surface area contributed by atoms with Gasteiger partial charge in [0.15, 0.2) is 0 Å². The number of hydrogen-bond donors (Lipinski definition) is 2. The summed E-state index contributed by atoms with van der Waals surface area (Å²) in [6, 6.07) is 4.45. The number of hydrogen-bond acceptors (Lipinski definition) is 4. The van der Waals surface area contributed by atoms with Crippen LogP contribution in [0, 0.1) is 0 Å². The second kappa shape index (κ2) is 4.80. The van der Waals surface area contributed by atoms with Crippen molar-refractivity contribution < 1.29 is 5.11 Å². The molecular formula is C12H19N3O. The van der Waals surface area contributed by atoms with Crippen LogP contribution in [0.4, 0.5) is 5.82 Å². The average molecular weight is 221 g/mol. The number of β-amino-alcohol motifs (C(OH)–C–C–N with tert-alkyl or cyclic N) is 1. The van der Waals surface area contributed by atoms with Crippen LogP contribution in [0.5, 0.6) is 0 Å². The van der Waals surface area contributed by atoms with Gasteiger partial charge in [0.25, 0.3) is 0 Å². The fourth-order valence-electron chi connectivity index (χ4n) is 1.96. The second-order valence-electron chi connectivity index (χ2n) is 4.35. The molecule has 0 amide bonds. The molecule has 1 aliphatic heterocycles. The highest BCUT2D eigenvalue weighted by molar-refractivity contribution is 5.41. The van der Waals surface area contributed by atoms with E-state index in [-0.39, 0.29) is 6.10 Å². The minimum absolute atomic E-state index is 0.197. The van der Waals surface area contributed by atoms with Gasteiger partial charge in [-0.1, -0.05) is 6.07 Å². The van der Waals surface area contributed by atoms with Gasteiger partial charge in [-0.3, -0.25) is 0 Å². The largest absolute Gasteiger partial charge is 0.391 e. The Morgan fingerprint density at radius 3 is 2.88 bits per heavy atom. The Morgan fingerprint density at radius 2 is 2.38 bits per heavy atom. The van der Waals surface area contributed by atoms with E-state index in [9.17, 15) is 5.11 Å². The Labute approximate surface area is 96.3 Å². The zero-order valence-corrected chi connectivity index (χ0v) is 9.85. The van der Waals surface area contributed by atoms with E-state index in [1.807, 2.05) is 19.3 Å². The number of aromatic nitrogens is 1. The Bertz CT molecular complexity index is 339. The number of rotatable bonds is 3. The quantitative estimate of drug-likeness (QED) is 0.797. The highest BCUT2D eigenvalue weighted by atomic mass is 16.3. The normalized spacial score (nSPS) is 22.4. The molecule has 1 fully saturated rings. The molecule has 88 valence electrons. The first-order valence-corrected chi connectivity index (χ1v) is 5.77. The third-order valence-corrected chi connectivity index (χ3v) is 3.19. The molecule has 2 unspecified atom stereocenters. The van der Waals surface area contributed by atoms with Gasteiger partial charge in [0, 0.05) is 25.3 Å². The van der Waals surface area contributed by atoms with E-state index in [0.29, 0.717) is 12.6 Å². The Balaban J connectivity index is 2.07. The highest BCUT2D eigenvalue weighted by Crippen LogP contribution is 2.19. The molecule has 0 aromatic carbocycles. The number of aliphatic hydroxyl groups is 1. The van der Waals surface area contributed by atoms with Crippen molar-refractivity contribution in [3.05, 3.63) is 23.9 Å². The standard InChI is InChI=1S/C12H19N3O/c1-9(13-2)10-3-4-12(14-7-10)15-6-5-11(16)8-15/h3-4,7,9,11,13,16H,5-6,8H2,1-2H3. The molecule has 0 saturated carbocycles. The molecule has 2 heterocycles. The second-order valence-corrected chi connectivity index (χ2v) is 4.35. The lowest BCUT2D eigenvalue weighted by Gasteiger charge is -2.17. The maximum atomic E-state index is 9.46. The fourth-order valence-corrected chi connectivity index (χ4v) is 1.96. The fraction of sp³-hybridized carbons (Fsp3) is 0.583. The van der Waals surface area contributed by atoms with Crippen LogP contribution in [0.3, 0.4) is 0 Å². The summed E-state index contributed by atoms with van der Waals surface area (Å²) in [5.74, 6) is 0.962. The van der Waals surface area contributed by atoms with Crippen LogP contribution in [0.15, 0.2) is 18.3 Å². The molecule has 1 aliphatic rings. The van der Waals surface area contributed by atoms with Crippen molar-refractivity contribution in [3.63, 3.8) is 0 Å². The minimum atomic E-state index is -0.197. The van der Waals surface area contributed by atoms with E-state index in [4.69, 9.17) is 0 Å². The molecule has 4 nitrogen and oxygen atoms in total. The van der Waals surface area contributed by atoms with Crippen LogP contribution in [0.25, 0.3) is 0 Å². The van der Waals surface area contributed by atoms with Crippen LogP contribution in [-0.2, 0) is 0 Å². The van der Waals surface area contributed by atoms with Gasteiger partial charge in [-0.2, -0.15) is 0 Å². The zero-order chi connectivity index (χ0) is 11.5. The molecule has 0 bridgehead atoms.